The molecule has 16 heavy (non-hydrogen) atoms. The van der Waals surface area contributed by atoms with Crippen LogP contribution in [-0.2, 0) is 13.1 Å². The number of hydrogen-bond acceptors (Lipinski definition) is 4. The van der Waals surface area contributed by atoms with Gasteiger partial charge in [0.25, 0.3) is 0 Å². The maximum atomic E-state index is 12.9. The van der Waals surface area contributed by atoms with Crippen LogP contribution in [-0.4, -0.2) is 10.1 Å². The summed E-state index contributed by atoms with van der Waals surface area (Å²) >= 11 is 3.13. The van der Waals surface area contributed by atoms with Crippen molar-refractivity contribution < 1.29 is 8.91 Å². The zero-order chi connectivity index (χ0) is 11.4. The molecule has 0 bridgehead atoms. The standard InChI is InChI=1S/C10H9BrFN3O/c11-8-3-7(1-2-9(8)12)4-13-5-10-14-6-16-15-10/h1-3,6,13H,4-5H2. The Hall–Kier alpha value is -1.27. The summed E-state index contributed by atoms with van der Waals surface area (Å²) < 4.78 is 18.0. The Kier molecular flexibility index (Phi) is 3.63. The van der Waals surface area contributed by atoms with Crippen LogP contribution in [0.5, 0.6) is 0 Å². The number of rotatable bonds is 4. The second-order valence-electron chi connectivity index (χ2n) is 3.20. The van der Waals surface area contributed by atoms with Crippen molar-refractivity contribution in [3.05, 3.63) is 46.3 Å². The van der Waals surface area contributed by atoms with E-state index in [-0.39, 0.29) is 5.82 Å². The number of nitrogens with one attached hydrogen (secondary N) is 1. The number of hydrogen-bond donors (Lipinski definition) is 1. The first-order chi connectivity index (χ1) is 7.75. The molecule has 0 radical (unpaired) electrons. The van der Waals surface area contributed by atoms with Crippen molar-refractivity contribution >= 4 is 15.9 Å². The number of nitrogens with zero attached hydrogens (tertiary/aromatic N) is 2. The first-order valence-electron chi connectivity index (χ1n) is 4.65. The van der Waals surface area contributed by atoms with Gasteiger partial charge in [0.05, 0.1) is 11.0 Å². The van der Waals surface area contributed by atoms with Crippen LogP contribution in [0.4, 0.5) is 4.39 Å². The molecule has 4 nitrogen and oxygen atoms in total. The third-order valence-electron chi connectivity index (χ3n) is 2.00. The van der Waals surface area contributed by atoms with E-state index in [9.17, 15) is 4.39 Å². The van der Waals surface area contributed by atoms with Gasteiger partial charge < -0.3 is 9.84 Å². The fraction of sp³-hybridized carbons (Fsp3) is 0.200. The van der Waals surface area contributed by atoms with Crippen LogP contribution in [0.1, 0.15) is 11.4 Å². The Morgan fingerprint density at radius 1 is 1.38 bits per heavy atom. The fourth-order valence-electron chi connectivity index (χ4n) is 1.24. The highest BCUT2D eigenvalue weighted by atomic mass is 79.9. The summed E-state index contributed by atoms with van der Waals surface area (Å²) in [5.74, 6) is 0.336. The van der Waals surface area contributed by atoms with Crippen molar-refractivity contribution in [2.75, 3.05) is 0 Å². The molecule has 2 rings (SSSR count). The second kappa shape index (κ2) is 5.18. The van der Waals surface area contributed by atoms with E-state index in [4.69, 9.17) is 0 Å². The van der Waals surface area contributed by atoms with Crippen molar-refractivity contribution in [3.8, 4) is 0 Å². The van der Waals surface area contributed by atoms with Crippen molar-refractivity contribution in [1.82, 2.24) is 15.5 Å². The molecule has 0 unspecified atom stereocenters. The summed E-state index contributed by atoms with van der Waals surface area (Å²) in [4.78, 5) is 3.87. The highest BCUT2D eigenvalue weighted by molar-refractivity contribution is 9.10. The topological polar surface area (TPSA) is 51.0 Å². The number of halogens is 2. The molecular formula is C10H9BrFN3O. The van der Waals surface area contributed by atoms with Gasteiger partial charge in [0.1, 0.15) is 5.82 Å². The third-order valence-corrected chi connectivity index (χ3v) is 2.61. The quantitative estimate of drug-likeness (QED) is 0.936. The van der Waals surface area contributed by atoms with Crippen LogP contribution in [0, 0.1) is 5.82 Å². The smallest absolute Gasteiger partial charge is 0.213 e. The predicted octanol–water partition coefficient (Wildman–Crippen LogP) is 2.26. The molecule has 0 aliphatic heterocycles. The molecule has 0 aliphatic carbocycles. The van der Waals surface area contributed by atoms with E-state index in [0.717, 1.165) is 5.56 Å². The average Bonchev–Trinajstić information content (AvgIpc) is 2.76. The van der Waals surface area contributed by atoms with Crippen LogP contribution >= 0.6 is 15.9 Å². The van der Waals surface area contributed by atoms with Gasteiger partial charge >= 0.3 is 0 Å². The lowest BCUT2D eigenvalue weighted by molar-refractivity contribution is 0.407. The largest absolute Gasteiger partial charge is 0.343 e. The van der Waals surface area contributed by atoms with E-state index >= 15 is 0 Å². The van der Waals surface area contributed by atoms with Gasteiger partial charge in [0.2, 0.25) is 6.39 Å². The minimum absolute atomic E-state index is 0.262. The molecule has 1 aromatic heterocycles. The van der Waals surface area contributed by atoms with Crippen LogP contribution in [0.15, 0.2) is 33.6 Å². The lowest BCUT2D eigenvalue weighted by atomic mass is 10.2. The highest BCUT2D eigenvalue weighted by Crippen LogP contribution is 2.16. The minimum Gasteiger partial charge on any atom is -0.343 e. The predicted molar refractivity (Wildman–Crippen MR) is 58.9 cm³/mol. The fourth-order valence-corrected chi connectivity index (χ4v) is 1.66. The summed E-state index contributed by atoms with van der Waals surface area (Å²) in [7, 11) is 0. The van der Waals surface area contributed by atoms with Gasteiger partial charge in [-0.3, -0.25) is 0 Å². The normalized spacial score (nSPS) is 10.6. The Bertz CT molecular complexity index is 461. The van der Waals surface area contributed by atoms with Crippen molar-refractivity contribution in [2.24, 2.45) is 0 Å². The average molecular weight is 286 g/mol. The van der Waals surface area contributed by atoms with Gasteiger partial charge in [0.15, 0.2) is 5.82 Å². The lowest BCUT2D eigenvalue weighted by Crippen LogP contribution is -2.13. The maximum Gasteiger partial charge on any atom is 0.213 e. The molecule has 0 saturated carbocycles. The summed E-state index contributed by atoms with van der Waals surface area (Å²) in [6.07, 6.45) is 1.28. The molecule has 6 heteroatoms. The molecular weight excluding hydrogens is 277 g/mol. The van der Waals surface area contributed by atoms with E-state index < -0.39 is 0 Å². The van der Waals surface area contributed by atoms with Crippen LogP contribution in [0.2, 0.25) is 0 Å². The Morgan fingerprint density at radius 3 is 2.94 bits per heavy atom. The zero-order valence-electron chi connectivity index (χ0n) is 8.28. The Labute approximate surface area is 100.0 Å². The van der Waals surface area contributed by atoms with Crippen molar-refractivity contribution in [1.29, 1.82) is 0 Å². The summed E-state index contributed by atoms with van der Waals surface area (Å²) in [5.41, 5.74) is 0.983. The molecule has 1 N–H and O–H groups in total. The highest BCUT2D eigenvalue weighted by Gasteiger charge is 2.01. The molecule has 0 spiro atoms. The molecule has 0 saturated heterocycles. The molecule has 84 valence electrons. The SMILES string of the molecule is Fc1ccc(CNCc2ncon2)cc1Br. The van der Waals surface area contributed by atoms with E-state index in [1.54, 1.807) is 12.1 Å². The van der Waals surface area contributed by atoms with Crippen LogP contribution in [0.25, 0.3) is 0 Å². The van der Waals surface area contributed by atoms with Gasteiger partial charge in [-0.05, 0) is 33.6 Å². The Balaban J connectivity index is 1.87. The molecule has 0 atom stereocenters. The first-order valence-corrected chi connectivity index (χ1v) is 5.45. The van der Waals surface area contributed by atoms with Crippen molar-refractivity contribution in [2.45, 2.75) is 13.1 Å². The molecule has 0 aliphatic rings. The minimum atomic E-state index is -0.262. The van der Waals surface area contributed by atoms with Gasteiger partial charge in [-0.25, -0.2) is 4.39 Å². The summed E-state index contributed by atoms with van der Waals surface area (Å²) in [5, 5.41) is 6.78. The van der Waals surface area contributed by atoms with E-state index in [0.29, 0.717) is 23.4 Å². The lowest BCUT2D eigenvalue weighted by Gasteiger charge is -2.03. The van der Waals surface area contributed by atoms with Gasteiger partial charge in [-0.2, -0.15) is 4.98 Å². The number of benzene rings is 1. The number of aromatic nitrogens is 2. The maximum absolute atomic E-state index is 12.9. The summed E-state index contributed by atoms with van der Waals surface area (Å²) in [6, 6.07) is 4.89. The third kappa shape index (κ3) is 2.86. The van der Waals surface area contributed by atoms with Crippen molar-refractivity contribution in [3.63, 3.8) is 0 Å². The molecule has 1 heterocycles. The van der Waals surface area contributed by atoms with Crippen LogP contribution < -0.4 is 5.32 Å². The summed E-state index contributed by atoms with van der Waals surface area (Å²) in [6.45, 7) is 1.14. The first kappa shape index (κ1) is 11.2. The molecule has 1 aromatic carbocycles. The molecule has 2 aromatic rings. The molecule has 0 fully saturated rings. The monoisotopic (exact) mass is 285 g/mol. The zero-order valence-corrected chi connectivity index (χ0v) is 9.87. The van der Waals surface area contributed by atoms with E-state index in [1.165, 1.54) is 12.5 Å². The Morgan fingerprint density at radius 2 is 2.25 bits per heavy atom. The second-order valence-corrected chi connectivity index (χ2v) is 4.05. The van der Waals surface area contributed by atoms with E-state index in [2.05, 4.69) is 35.9 Å². The van der Waals surface area contributed by atoms with Gasteiger partial charge in [-0.1, -0.05) is 11.2 Å². The van der Waals surface area contributed by atoms with Crippen LogP contribution in [0.3, 0.4) is 0 Å². The van der Waals surface area contributed by atoms with Gasteiger partial charge in [-0.15, -0.1) is 0 Å². The van der Waals surface area contributed by atoms with Gasteiger partial charge in [0, 0.05) is 6.54 Å². The molecule has 0 amide bonds. The van der Waals surface area contributed by atoms with E-state index in [1.807, 2.05) is 0 Å².